The Labute approximate surface area is 119 Å². The lowest BCUT2D eigenvalue weighted by molar-refractivity contribution is 0.443. The van der Waals surface area contributed by atoms with Crippen LogP contribution in [0.1, 0.15) is 37.6 Å². The first kappa shape index (κ1) is 14.7. The first-order chi connectivity index (χ1) is 9.54. The fourth-order valence-corrected chi connectivity index (χ4v) is 2.22. The fourth-order valence-electron chi connectivity index (χ4n) is 2.22. The molecule has 1 atom stereocenters. The number of aryl methyl sites for hydroxylation is 2. The molecule has 2 aromatic heterocycles. The number of nitrogens with one attached hydrogen (secondary N) is 1. The van der Waals surface area contributed by atoms with E-state index in [0.717, 1.165) is 18.5 Å². The number of hydrogen-bond donors (Lipinski definition) is 1. The summed E-state index contributed by atoms with van der Waals surface area (Å²) < 4.78 is 14.8. The molecule has 4 nitrogen and oxygen atoms in total. The first-order valence-electron chi connectivity index (χ1n) is 6.89. The Morgan fingerprint density at radius 2 is 2.10 bits per heavy atom. The summed E-state index contributed by atoms with van der Waals surface area (Å²) >= 11 is 0. The van der Waals surface area contributed by atoms with Gasteiger partial charge in [-0.1, -0.05) is 13.8 Å². The second-order valence-electron chi connectivity index (χ2n) is 5.34. The highest BCUT2D eigenvalue weighted by Gasteiger charge is 2.14. The largest absolute Gasteiger partial charge is 0.306 e. The average Bonchev–Trinajstić information content (AvgIpc) is 2.81. The van der Waals surface area contributed by atoms with Gasteiger partial charge in [0.2, 0.25) is 0 Å². The maximum atomic E-state index is 13.0. The van der Waals surface area contributed by atoms with Crippen LogP contribution in [0.2, 0.25) is 0 Å². The maximum Gasteiger partial charge on any atom is 0.141 e. The Morgan fingerprint density at radius 1 is 1.30 bits per heavy atom. The van der Waals surface area contributed by atoms with Crippen molar-refractivity contribution in [2.24, 2.45) is 7.05 Å². The van der Waals surface area contributed by atoms with E-state index in [1.54, 1.807) is 10.7 Å². The van der Waals surface area contributed by atoms with Gasteiger partial charge in [-0.2, -0.15) is 5.10 Å². The van der Waals surface area contributed by atoms with Crippen LogP contribution in [0.4, 0.5) is 4.39 Å². The average molecular weight is 276 g/mol. The van der Waals surface area contributed by atoms with Crippen LogP contribution in [0.15, 0.2) is 30.7 Å². The van der Waals surface area contributed by atoms with Gasteiger partial charge in [-0.25, -0.2) is 4.39 Å². The Kier molecular flexibility index (Phi) is 4.84. The molecule has 0 radical (unpaired) electrons. The third-order valence-corrected chi connectivity index (χ3v) is 3.12. The van der Waals surface area contributed by atoms with E-state index in [1.165, 1.54) is 17.8 Å². The highest BCUT2D eigenvalue weighted by molar-refractivity contribution is 5.12. The normalized spacial score (nSPS) is 12.8. The van der Waals surface area contributed by atoms with Crippen LogP contribution in [0.25, 0.3) is 0 Å². The molecule has 0 aromatic carbocycles. The molecule has 2 aromatic rings. The lowest BCUT2D eigenvalue weighted by atomic mass is 10.0. The van der Waals surface area contributed by atoms with Crippen LogP contribution in [-0.4, -0.2) is 20.8 Å². The van der Waals surface area contributed by atoms with Gasteiger partial charge in [-0.15, -0.1) is 0 Å². The van der Waals surface area contributed by atoms with Gasteiger partial charge in [-0.3, -0.25) is 9.67 Å². The van der Waals surface area contributed by atoms with Gasteiger partial charge in [0.05, 0.1) is 18.1 Å². The van der Waals surface area contributed by atoms with Crippen molar-refractivity contribution < 1.29 is 4.39 Å². The number of halogens is 1. The number of nitrogens with zero attached hydrogens (tertiary/aromatic N) is 3. The summed E-state index contributed by atoms with van der Waals surface area (Å²) in [4.78, 5) is 4.19. The molecular formula is C15H21FN4. The molecule has 0 saturated heterocycles. The van der Waals surface area contributed by atoms with Crippen molar-refractivity contribution in [1.82, 2.24) is 20.1 Å². The summed E-state index contributed by atoms with van der Waals surface area (Å²) in [5.41, 5.74) is 2.08. The highest BCUT2D eigenvalue weighted by Crippen LogP contribution is 2.18. The summed E-state index contributed by atoms with van der Waals surface area (Å²) in [6.45, 7) is 4.20. The van der Waals surface area contributed by atoms with Gasteiger partial charge in [0.1, 0.15) is 5.82 Å². The van der Waals surface area contributed by atoms with Gasteiger partial charge < -0.3 is 5.32 Å². The molecule has 0 aliphatic heterocycles. The predicted molar refractivity (Wildman–Crippen MR) is 76.7 cm³/mol. The summed E-state index contributed by atoms with van der Waals surface area (Å²) in [5.74, 6) is -0.302. The molecule has 0 bridgehead atoms. The van der Waals surface area contributed by atoms with Gasteiger partial charge in [0, 0.05) is 25.3 Å². The molecule has 5 heteroatoms. The quantitative estimate of drug-likeness (QED) is 0.882. The molecule has 108 valence electrons. The SMILES string of the molecule is CC(C)NC(CCc1cnn(C)c1)c1ccc(F)cn1. The van der Waals surface area contributed by atoms with Gasteiger partial charge >= 0.3 is 0 Å². The van der Waals surface area contributed by atoms with Crippen LogP contribution in [0, 0.1) is 5.82 Å². The minimum Gasteiger partial charge on any atom is -0.306 e. The van der Waals surface area contributed by atoms with Crippen molar-refractivity contribution in [2.45, 2.75) is 38.8 Å². The zero-order valence-corrected chi connectivity index (χ0v) is 12.2. The Morgan fingerprint density at radius 3 is 2.65 bits per heavy atom. The molecule has 0 aliphatic rings. The molecule has 2 rings (SSSR count). The smallest absolute Gasteiger partial charge is 0.141 e. The van der Waals surface area contributed by atoms with Crippen LogP contribution in [-0.2, 0) is 13.5 Å². The number of pyridine rings is 1. The standard InChI is InChI=1S/C15H21FN4/c1-11(2)19-15(14-7-5-13(16)9-17-14)6-4-12-8-18-20(3)10-12/h5,7-11,15,19H,4,6H2,1-3H3. The first-order valence-corrected chi connectivity index (χ1v) is 6.89. The Balaban J connectivity index is 2.05. The molecule has 0 spiro atoms. The lowest BCUT2D eigenvalue weighted by Gasteiger charge is -2.20. The fraction of sp³-hybridized carbons (Fsp3) is 0.467. The van der Waals surface area contributed by atoms with E-state index < -0.39 is 0 Å². The second kappa shape index (κ2) is 6.61. The number of rotatable bonds is 6. The van der Waals surface area contributed by atoms with E-state index >= 15 is 0 Å². The molecule has 0 aliphatic carbocycles. The van der Waals surface area contributed by atoms with E-state index in [4.69, 9.17) is 0 Å². The molecule has 20 heavy (non-hydrogen) atoms. The van der Waals surface area contributed by atoms with Crippen molar-refractivity contribution in [3.8, 4) is 0 Å². The van der Waals surface area contributed by atoms with Crippen molar-refractivity contribution in [2.75, 3.05) is 0 Å². The zero-order chi connectivity index (χ0) is 14.5. The van der Waals surface area contributed by atoms with Crippen molar-refractivity contribution in [1.29, 1.82) is 0 Å². The van der Waals surface area contributed by atoms with Crippen molar-refractivity contribution in [3.05, 3.63) is 47.8 Å². The predicted octanol–water partition coefficient (Wildman–Crippen LogP) is 2.63. The Hall–Kier alpha value is -1.75. The van der Waals surface area contributed by atoms with Crippen LogP contribution in [0.5, 0.6) is 0 Å². The van der Waals surface area contributed by atoms with Gasteiger partial charge in [-0.05, 0) is 30.5 Å². The van der Waals surface area contributed by atoms with E-state index in [1.807, 2.05) is 19.4 Å². The minimum absolute atomic E-state index is 0.121. The van der Waals surface area contributed by atoms with E-state index in [9.17, 15) is 4.39 Å². The number of hydrogen-bond acceptors (Lipinski definition) is 3. The highest BCUT2D eigenvalue weighted by atomic mass is 19.1. The summed E-state index contributed by atoms with van der Waals surface area (Å²) in [7, 11) is 1.91. The monoisotopic (exact) mass is 276 g/mol. The molecule has 2 heterocycles. The molecule has 0 saturated carbocycles. The van der Waals surface area contributed by atoms with Gasteiger partial charge in [0.15, 0.2) is 0 Å². The second-order valence-corrected chi connectivity index (χ2v) is 5.34. The maximum absolute atomic E-state index is 13.0. The minimum atomic E-state index is -0.302. The lowest BCUT2D eigenvalue weighted by Crippen LogP contribution is -2.29. The van der Waals surface area contributed by atoms with Crippen LogP contribution in [0.3, 0.4) is 0 Å². The summed E-state index contributed by atoms with van der Waals surface area (Å²) in [5, 5.41) is 7.65. The van der Waals surface area contributed by atoms with Crippen molar-refractivity contribution >= 4 is 0 Å². The van der Waals surface area contributed by atoms with Crippen LogP contribution < -0.4 is 5.32 Å². The molecular weight excluding hydrogens is 255 g/mol. The van der Waals surface area contributed by atoms with Crippen molar-refractivity contribution in [3.63, 3.8) is 0 Å². The topological polar surface area (TPSA) is 42.7 Å². The van der Waals surface area contributed by atoms with Crippen LogP contribution >= 0.6 is 0 Å². The van der Waals surface area contributed by atoms with E-state index in [-0.39, 0.29) is 11.9 Å². The summed E-state index contributed by atoms with van der Waals surface area (Å²) in [6, 6.07) is 3.68. The number of aromatic nitrogens is 3. The molecule has 0 fully saturated rings. The van der Waals surface area contributed by atoms with Gasteiger partial charge in [0.25, 0.3) is 0 Å². The summed E-state index contributed by atoms with van der Waals surface area (Å²) in [6.07, 6.45) is 6.99. The third kappa shape index (κ3) is 4.13. The van der Waals surface area contributed by atoms with E-state index in [2.05, 4.69) is 29.2 Å². The van der Waals surface area contributed by atoms with E-state index in [0.29, 0.717) is 6.04 Å². The molecule has 0 amide bonds. The molecule has 1 N–H and O–H groups in total. The molecule has 1 unspecified atom stereocenters. The Bertz CT molecular complexity index is 533. The zero-order valence-electron chi connectivity index (χ0n) is 12.2. The third-order valence-electron chi connectivity index (χ3n) is 3.12.